The molecule has 1 aliphatic rings. The molecule has 0 spiro atoms. The number of hydrogen-bond donors (Lipinski definition) is 2. The molecule has 3 heteroatoms. The van der Waals surface area contributed by atoms with Crippen LogP contribution in [-0.4, -0.2) is 23.9 Å². The number of fused-ring (bicyclic) bond motifs is 1. The third-order valence-electron chi connectivity index (χ3n) is 3.25. The predicted molar refractivity (Wildman–Crippen MR) is 68.3 cm³/mol. The number of aryl methyl sites for hydroxylation is 2. The van der Waals surface area contributed by atoms with E-state index in [1.54, 1.807) is 6.92 Å². The van der Waals surface area contributed by atoms with E-state index >= 15 is 0 Å². The second-order valence-electron chi connectivity index (χ2n) is 5.24. The maximum absolute atomic E-state index is 9.06. The molecule has 3 N–H and O–H groups in total. The highest BCUT2D eigenvalue weighted by molar-refractivity contribution is 5.37. The lowest BCUT2D eigenvalue weighted by Crippen LogP contribution is -2.45. The quantitative estimate of drug-likeness (QED) is 0.834. The fourth-order valence-electron chi connectivity index (χ4n) is 2.09. The summed E-state index contributed by atoms with van der Waals surface area (Å²) in [7, 11) is 0. The molecule has 17 heavy (non-hydrogen) atoms. The molecule has 1 aromatic rings. The number of aliphatic hydroxyl groups is 1. The number of rotatable bonds is 4. The Balaban J connectivity index is 2.02. The van der Waals surface area contributed by atoms with Gasteiger partial charge < -0.3 is 15.6 Å². The summed E-state index contributed by atoms with van der Waals surface area (Å²) in [5.74, 6) is 0.857. The molecule has 94 valence electrons. The van der Waals surface area contributed by atoms with Gasteiger partial charge in [0.25, 0.3) is 0 Å². The molecule has 0 radical (unpaired) electrons. The lowest BCUT2D eigenvalue weighted by atomic mass is 9.92. The third kappa shape index (κ3) is 3.20. The molecular formula is C14H21NO2. The van der Waals surface area contributed by atoms with Crippen LogP contribution in [0.2, 0.25) is 0 Å². The lowest BCUT2D eigenvalue weighted by molar-refractivity contribution is 0.146. The van der Waals surface area contributed by atoms with Crippen LogP contribution < -0.4 is 10.5 Å². The lowest BCUT2D eigenvalue weighted by Gasteiger charge is -2.23. The van der Waals surface area contributed by atoms with Crippen LogP contribution in [0.1, 0.15) is 30.9 Å². The van der Waals surface area contributed by atoms with Crippen molar-refractivity contribution in [3.8, 4) is 5.75 Å². The Morgan fingerprint density at radius 3 is 2.71 bits per heavy atom. The van der Waals surface area contributed by atoms with Gasteiger partial charge in [-0.05, 0) is 55.9 Å². The van der Waals surface area contributed by atoms with E-state index < -0.39 is 5.54 Å². The first-order valence-corrected chi connectivity index (χ1v) is 6.25. The molecule has 1 aliphatic carbocycles. The van der Waals surface area contributed by atoms with E-state index in [4.69, 9.17) is 15.6 Å². The first-order chi connectivity index (χ1) is 8.11. The largest absolute Gasteiger partial charge is 0.492 e. The van der Waals surface area contributed by atoms with Gasteiger partial charge >= 0.3 is 0 Å². The Morgan fingerprint density at radius 2 is 2.00 bits per heavy atom. The van der Waals surface area contributed by atoms with Crippen molar-refractivity contribution in [3.05, 3.63) is 29.3 Å². The Morgan fingerprint density at radius 1 is 1.29 bits per heavy atom. The van der Waals surface area contributed by atoms with Gasteiger partial charge in [0.05, 0.1) is 12.1 Å². The van der Waals surface area contributed by atoms with Gasteiger partial charge in [0.15, 0.2) is 0 Å². The van der Waals surface area contributed by atoms with Gasteiger partial charge in [0.2, 0.25) is 0 Å². The molecule has 3 nitrogen and oxygen atoms in total. The topological polar surface area (TPSA) is 55.5 Å². The van der Waals surface area contributed by atoms with Crippen LogP contribution in [0.15, 0.2) is 18.2 Å². The van der Waals surface area contributed by atoms with E-state index in [2.05, 4.69) is 12.1 Å². The van der Waals surface area contributed by atoms with Crippen molar-refractivity contribution in [2.45, 2.75) is 38.1 Å². The van der Waals surface area contributed by atoms with Gasteiger partial charge in [-0.3, -0.25) is 0 Å². The van der Waals surface area contributed by atoms with Crippen LogP contribution in [0.5, 0.6) is 5.75 Å². The maximum atomic E-state index is 9.06. The average Bonchev–Trinajstić information content (AvgIpc) is 2.36. The van der Waals surface area contributed by atoms with Gasteiger partial charge in [-0.2, -0.15) is 0 Å². The molecule has 1 unspecified atom stereocenters. The van der Waals surface area contributed by atoms with Gasteiger partial charge in [0.1, 0.15) is 12.4 Å². The molecule has 0 amide bonds. The molecule has 1 aromatic carbocycles. The number of hydrogen-bond acceptors (Lipinski definition) is 3. The summed E-state index contributed by atoms with van der Waals surface area (Å²) >= 11 is 0. The summed E-state index contributed by atoms with van der Waals surface area (Å²) < 4.78 is 5.64. The van der Waals surface area contributed by atoms with Crippen molar-refractivity contribution in [1.82, 2.24) is 0 Å². The smallest absolute Gasteiger partial charge is 0.119 e. The number of aliphatic hydroxyl groups excluding tert-OH is 1. The summed E-state index contributed by atoms with van der Waals surface area (Å²) in [6, 6.07) is 6.26. The third-order valence-corrected chi connectivity index (χ3v) is 3.25. The van der Waals surface area contributed by atoms with E-state index in [-0.39, 0.29) is 6.61 Å². The van der Waals surface area contributed by atoms with Gasteiger partial charge in [-0.25, -0.2) is 0 Å². The monoisotopic (exact) mass is 235 g/mol. The Hall–Kier alpha value is -1.06. The number of benzene rings is 1. The van der Waals surface area contributed by atoms with Crippen LogP contribution in [0.25, 0.3) is 0 Å². The predicted octanol–water partition coefficient (Wildman–Crippen LogP) is 1.65. The van der Waals surface area contributed by atoms with Crippen molar-refractivity contribution in [1.29, 1.82) is 0 Å². The van der Waals surface area contributed by atoms with Crippen molar-refractivity contribution in [2.24, 2.45) is 5.73 Å². The molecule has 0 bridgehead atoms. The van der Waals surface area contributed by atoms with Gasteiger partial charge in [-0.15, -0.1) is 0 Å². The highest BCUT2D eigenvalue weighted by atomic mass is 16.5. The van der Waals surface area contributed by atoms with E-state index in [1.165, 1.54) is 30.4 Å². The first kappa shape index (κ1) is 12.4. The van der Waals surface area contributed by atoms with Crippen molar-refractivity contribution < 1.29 is 9.84 Å². The summed E-state index contributed by atoms with van der Waals surface area (Å²) in [6.07, 6.45) is 4.88. The molecule has 2 rings (SSSR count). The molecule has 0 saturated heterocycles. The minimum absolute atomic E-state index is 0.0715. The van der Waals surface area contributed by atoms with Crippen LogP contribution in [0.4, 0.5) is 0 Å². The van der Waals surface area contributed by atoms with Crippen molar-refractivity contribution in [3.63, 3.8) is 0 Å². The van der Waals surface area contributed by atoms with E-state index in [0.29, 0.717) is 6.61 Å². The minimum Gasteiger partial charge on any atom is -0.492 e. The van der Waals surface area contributed by atoms with Gasteiger partial charge in [-0.1, -0.05) is 6.07 Å². The molecule has 0 fully saturated rings. The fourth-order valence-corrected chi connectivity index (χ4v) is 2.09. The molecule has 0 saturated carbocycles. The summed E-state index contributed by atoms with van der Waals surface area (Å²) in [6.45, 7) is 2.05. The zero-order valence-corrected chi connectivity index (χ0v) is 10.4. The van der Waals surface area contributed by atoms with E-state index in [9.17, 15) is 0 Å². The molecular weight excluding hydrogens is 214 g/mol. The van der Waals surface area contributed by atoms with Crippen molar-refractivity contribution >= 4 is 0 Å². The highest BCUT2D eigenvalue weighted by Gasteiger charge is 2.18. The first-order valence-electron chi connectivity index (χ1n) is 6.25. The molecule has 1 atom stereocenters. The number of nitrogens with two attached hydrogens (primary N) is 1. The Bertz CT molecular complexity index is 388. The fraction of sp³-hybridized carbons (Fsp3) is 0.571. The second kappa shape index (κ2) is 5.07. The minimum atomic E-state index is -0.671. The Labute approximate surface area is 103 Å². The summed E-state index contributed by atoms with van der Waals surface area (Å²) in [5, 5.41) is 9.06. The highest BCUT2D eigenvalue weighted by Crippen LogP contribution is 2.25. The average molecular weight is 235 g/mol. The molecule has 0 aromatic heterocycles. The number of ether oxygens (including phenoxy) is 1. The molecule has 0 heterocycles. The SMILES string of the molecule is CC(N)(CO)COc1ccc2c(c1)CCCC2. The summed E-state index contributed by atoms with van der Waals surface area (Å²) in [4.78, 5) is 0. The van der Waals surface area contributed by atoms with E-state index in [0.717, 1.165) is 12.2 Å². The van der Waals surface area contributed by atoms with Crippen LogP contribution in [0.3, 0.4) is 0 Å². The van der Waals surface area contributed by atoms with Crippen molar-refractivity contribution in [2.75, 3.05) is 13.2 Å². The standard InChI is InChI=1S/C14H21NO2/c1-14(15,9-16)10-17-13-7-6-11-4-2-3-5-12(11)8-13/h6-8,16H,2-5,9-10,15H2,1H3. The molecule has 0 aliphatic heterocycles. The Kier molecular flexibility index (Phi) is 3.69. The second-order valence-corrected chi connectivity index (χ2v) is 5.24. The zero-order chi connectivity index (χ0) is 12.3. The maximum Gasteiger partial charge on any atom is 0.119 e. The van der Waals surface area contributed by atoms with Crippen LogP contribution in [-0.2, 0) is 12.8 Å². The van der Waals surface area contributed by atoms with Crippen LogP contribution in [0, 0.1) is 0 Å². The zero-order valence-electron chi connectivity index (χ0n) is 10.4. The van der Waals surface area contributed by atoms with E-state index in [1.807, 2.05) is 6.07 Å². The van der Waals surface area contributed by atoms with Gasteiger partial charge in [0, 0.05) is 0 Å². The normalized spacial score (nSPS) is 18.3. The van der Waals surface area contributed by atoms with Crippen LogP contribution >= 0.6 is 0 Å². The summed E-state index contributed by atoms with van der Waals surface area (Å²) in [5.41, 5.74) is 8.00.